The number of para-hydroxylation sites is 1. The van der Waals surface area contributed by atoms with Crippen molar-refractivity contribution in [3.05, 3.63) is 23.8 Å². The maximum absolute atomic E-state index is 11.7. The Morgan fingerprint density at radius 3 is 2.78 bits per heavy atom. The van der Waals surface area contributed by atoms with Crippen LogP contribution in [0.25, 0.3) is 0 Å². The molecule has 0 aromatic heterocycles. The Morgan fingerprint density at radius 1 is 1.39 bits per heavy atom. The zero-order chi connectivity index (χ0) is 13.5. The molecule has 0 aliphatic rings. The van der Waals surface area contributed by atoms with Gasteiger partial charge in [0.05, 0.1) is 5.56 Å². The lowest BCUT2D eigenvalue weighted by Crippen LogP contribution is -2.25. The molecule has 0 aliphatic heterocycles. The average molecular weight is 253 g/mol. The van der Waals surface area contributed by atoms with Gasteiger partial charge in [0.2, 0.25) is 0 Å². The predicted molar refractivity (Wildman–Crippen MR) is 67.6 cm³/mol. The Hall–Kier alpha value is -1.75. The number of carbonyl (C=O) groups excluding carboxylic acids is 1. The largest absolute Gasteiger partial charge is 0.504 e. The molecule has 1 atom stereocenters. The number of amides is 1. The van der Waals surface area contributed by atoms with E-state index in [0.717, 1.165) is 12.8 Å². The van der Waals surface area contributed by atoms with Gasteiger partial charge in [-0.15, -0.1) is 0 Å². The molecule has 1 aromatic rings. The van der Waals surface area contributed by atoms with Crippen LogP contribution in [0.1, 0.15) is 30.1 Å². The topological polar surface area (TPSA) is 89.8 Å². The lowest BCUT2D eigenvalue weighted by molar-refractivity contribution is 0.0948. The van der Waals surface area contributed by atoms with Crippen molar-refractivity contribution in [2.24, 2.45) is 5.92 Å². The van der Waals surface area contributed by atoms with E-state index < -0.39 is 11.7 Å². The minimum atomic E-state index is -0.417. The molecule has 18 heavy (non-hydrogen) atoms. The number of benzene rings is 1. The maximum atomic E-state index is 11.7. The van der Waals surface area contributed by atoms with Gasteiger partial charge in [-0.05, 0) is 30.9 Å². The van der Waals surface area contributed by atoms with Crippen LogP contribution >= 0.6 is 0 Å². The molecule has 1 aromatic carbocycles. The standard InChI is InChI=1S/C13H19NO4/c1-9(8-15)4-3-7-14-13(18)10-5-2-6-11(16)12(10)17/h2,5-6,9,15-17H,3-4,7-8H2,1H3,(H,14,18). The van der Waals surface area contributed by atoms with Crippen LogP contribution in [0.5, 0.6) is 11.5 Å². The van der Waals surface area contributed by atoms with E-state index in [1.54, 1.807) is 0 Å². The Balaban J connectivity index is 2.44. The van der Waals surface area contributed by atoms with Gasteiger partial charge in [-0.2, -0.15) is 0 Å². The lowest BCUT2D eigenvalue weighted by Gasteiger charge is -2.09. The van der Waals surface area contributed by atoms with Crippen LogP contribution in [-0.4, -0.2) is 34.4 Å². The molecule has 0 radical (unpaired) electrons. The number of hydrogen-bond donors (Lipinski definition) is 4. The van der Waals surface area contributed by atoms with Gasteiger partial charge >= 0.3 is 0 Å². The molecular weight excluding hydrogens is 234 g/mol. The molecule has 0 saturated heterocycles. The number of hydrogen-bond acceptors (Lipinski definition) is 4. The maximum Gasteiger partial charge on any atom is 0.255 e. The molecule has 5 heteroatoms. The van der Waals surface area contributed by atoms with E-state index in [0.29, 0.717) is 6.54 Å². The summed E-state index contributed by atoms with van der Waals surface area (Å²) in [4.78, 5) is 11.7. The number of phenols is 2. The molecule has 0 fully saturated rings. The van der Waals surface area contributed by atoms with Crippen molar-refractivity contribution in [3.63, 3.8) is 0 Å². The third-order valence-electron chi connectivity index (χ3n) is 2.73. The Kier molecular flexibility index (Phi) is 5.45. The Morgan fingerprint density at radius 2 is 2.11 bits per heavy atom. The van der Waals surface area contributed by atoms with Crippen LogP contribution < -0.4 is 5.32 Å². The fourth-order valence-electron chi connectivity index (χ4n) is 1.55. The molecule has 0 spiro atoms. The number of aliphatic hydroxyl groups is 1. The molecule has 4 N–H and O–H groups in total. The molecule has 100 valence electrons. The van der Waals surface area contributed by atoms with E-state index in [1.165, 1.54) is 18.2 Å². The van der Waals surface area contributed by atoms with Gasteiger partial charge in [0.15, 0.2) is 11.5 Å². The molecule has 0 heterocycles. The van der Waals surface area contributed by atoms with Crippen molar-refractivity contribution in [2.75, 3.05) is 13.2 Å². The predicted octanol–water partition coefficient (Wildman–Crippen LogP) is 1.24. The average Bonchev–Trinajstić information content (AvgIpc) is 2.37. The summed E-state index contributed by atoms with van der Waals surface area (Å²) in [5.74, 6) is -0.911. The molecule has 0 aliphatic carbocycles. The third kappa shape index (κ3) is 3.92. The Bertz CT molecular complexity index is 406. The second-order valence-electron chi connectivity index (χ2n) is 4.36. The van der Waals surface area contributed by atoms with Crippen molar-refractivity contribution < 1.29 is 20.1 Å². The lowest BCUT2D eigenvalue weighted by atomic mass is 10.1. The van der Waals surface area contributed by atoms with Crippen molar-refractivity contribution in [3.8, 4) is 11.5 Å². The van der Waals surface area contributed by atoms with E-state index >= 15 is 0 Å². The van der Waals surface area contributed by atoms with Crippen LogP contribution in [0.15, 0.2) is 18.2 Å². The summed E-state index contributed by atoms with van der Waals surface area (Å²) in [6.45, 7) is 2.54. The first-order valence-corrected chi connectivity index (χ1v) is 5.96. The number of rotatable bonds is 6. The van der Waals surface area contributed by atoms with Crippen molar-refractivity contribution in [1.29, 1.82) is 0 Å². The highest BCUT2D eigenvalue weighted by atomic mass is 16.3. The fraction of sp³-hybridized carbons (Fsp3) is 0.462. The van der Waals surface area contributed by atoms with Gasteiger partial charge in [-0.1, -0.05) is 13.0 Å². The van der Waals surface area contributed by atoms with Crippen LogP contribution in [0.4, 0.5) is 0 Å². The monoisotopic (exact) mass is 253 g/mol. The highest BCUT2D eigenvalue weighted by molar-refractivity contribution is 5.97. The third-order valence-corrected chi connectivity index (χ3v) is 2.73. The SMILES string of the molecule is CC(CO)CCCNC(=O)c1cccc(O)c1O. The molecular formula is C13H19NO4. The van der Waals surface area contributed by atoms with Crippen LogP contribution in [0, 0.1) is 5.92 Å². The van der Waals surface area contributed by atoms with Gasteiger partial charge in [-0.25, -0.2) is 0 Å². The first kappa shape index (κ1) is 14.3. The Labute approximate surface area is 106 Å². The molecule has 1 amide bonds. The van der Waals surface area contributed by atoms with Crippen LogP contribution in [-0.2, 0) is 0 Å². The number of carbonyl (C=O) groups is 1. The van der Waals surface area contributed by atoms with E-state index in [-0.39, 0.29) is 23.8 Å². The molecule has 1 rings (SSSR count). The summed E-state index contributed by atoms with van der Waals surface area (Å²) in [6, 6.07) is 4.26. The quantitative estimate of drug-likeness (QED) is 0.453. The smallest absolute Gasteiger partial charge is 0.255 e. The van der Waals surface area contributed by atoms with E-state index in [2.05, 4.69) is 5.32 Å². The number of aliphatic hydroxyl groups excluding tert-OH is 1. The highest BCUT2D eigenvalue weighted by Gasteiger charge is 2.13. The summed E-state index contributed by atoms with van der Waals surface area (Å²) in [5.41, 5.74) is 0.0604. The number of phenolic OH excluding ortho intramolecular Hbond substituents is 2. The van der Waals surface area contributed by atoms with Crippen LogP contribution in [0.3, 0.4) is 0 Å². The molecule has 1 unspecified atom stereocenters. The molecule has 0 saturated carbocycles. The summed E-state index contributed by atoms with van der Waals surface area (Å²) in [6.07, 6.45) is 1.58. The first-order chi connectivity index (χ1) is 8.56. The highest BCUT2D eigenvalue weighted by Crippen LogP contribution is 2.27. The molecule has 5 nitrogen and oxygen atoms in total. The zero-order valence-electron chi connectivity index (χ0n) is 10.4. The zero-order valence-corrected chi connectivity index (χ0v) is 10.4. The van der Waals surface area contributed by atoms with Gasteiger partial charge in [0, 0.05) is 13.2 Å². The second kappa shape index (κ2) is 6.86. The summed E-state index contributed by atoms with van der Waals surface area (Å²) in [5, 5.41) is 30.3. The van der Waals surface area contributed by atoms with E-state index in [9.17, 15) is 15.0 Å². The van der Waals surface area contributed by atoms with Crippen molar-refractivity contribution in [2.45, 2.75) is 19.8 Å². The van der Waals surface area contributed by atoms with Crippen molar-refractivity contribution >= 4 is 5.91 Å². The van der Waals surface area contributed by atoms with Gasteiger partial charge in [0.1, 0.15) is 0 Å². The van der Waals surface area contributed by atoms with E-state index in [4.69, 9.17) is 5.11 Å². The van der Waals surface area contributed by atoms with Crippen molar-refractivity contribution in [1.82, 2.24) is 5.32 Å². The normalized spacial score (nSPS) is 12.1. The summed E-state index contributed by atoms with van der Waals surface area (Å²) < 4.78 is 0. The number of nitrogens with one attached hydrogen (secondary N) is 1. The van der Waals surface area contributed by atoms with Gasteiger partial charge in [0.25, 0.3) is 5.91 Å². The van der Waals surface area contributed by atoms with E-state index in [1.807, 2.05) is 6.92 Å². The minimum absolute atomic E-state index is 0.0604. The summed E-state index contributed by atoms with van der Waals surface area (Å²) in [7, 11) is 0. The summed E-state index contributed by atoms with van der Waals surface area (Å²) >= 11 is 0. The first-order valence-electron chi connectivity index (χ1n) is 5.96. The fourth-order valence-corrected chi connectivity index (χ4v) is 1.55. The minimum Gasteiger partial charge on any atom is -0.504 e. The van der Waals surface area contributed by atoms with Crippen LogP contribution in [0.2, 0.25) is 0 Å². The molecule has 0 bridgehead atoms. The van der Waals surface area contributed by atoms with Gasteiger partial charge < -0.3 is 20.6 Å². The number of aromatic hydroxyl groups is 2. The van der Waals surface area contributed by atoms with Gasteiger partial charge in [-0.3, -0.25) is 4.79 Å². The second-order valence-corrected chi connectivity index (χ2v) is 4.36.